The Kier molecular flexibility index (Phi) is 2.09. The molecule has 0 bridgehead atoms. The minimum Gasteiger partial charge on any atom is -0.367 e. The van der Waals surface area contributed by atoms with Gasteiger partial charge in [-0.05, 0) is 25.0 Å². The van der Waals surface area contributed by atoms with Gasteiger partial charge >= 0.3 is 6.18 Å². The smallest absolute Gasteiger partial charge is 0.367 e. The fourth-order valence-electron chi connectivity index (χ4n) is 1.12. The maximum atomic E-state index is 12.3. The van der Waals surface area contributed by atoms with Crippen LogP contribution in [0.2, 0.25) is 0 Å². The SMILES string of the molecule is FC(F)(F)c1ccnc(NC2CC2)c1. The molecular weight excluding hydrogens is 193 g/mol. The Balaban J connectivity index is 2.17. The third-order valence-electron chi connectivity index (χ3n) is 2.02. The van der Waals surface area contributed by atoms with Crippen LogP contribution in [0.3, 0.4) is 0 Å². The van der Waals surface area contributed by atoms with E-state index in [4.69, 9.17) is 0 Å². The molecule has 1 aromatic heterocycles. The molecule has 1 N–H and O–H groups in total. The summed E-state index contributed by atoms with van der Waals surface area (Å²) < 4.78 is 36.8. The second-order valence-electron chi connectivity index (χ2n) is 3.35. The second kappa shape index (κ2) is 3.15. The minimum atomic E-state index is -4.29. The molecule has 0 aliphatic heterocycles. The van der Waals surface area contributed by atoms with Crippen molar-refractivity contribution in [1.29, 1.82) is 0 Å². The lowest BCUT2D eigenvalue weighted by Gasteiger charge is -2.08. The van der Waals surface area contributed by atoms with Crippen molar-refractivity contribution < 1.29 is 13.2 Å². The minimum absolute atomic E-state index is 0.308. The molecule has 1 saturated carbocycles. The van der Waals surface area contributed by atoms with Gasteiger partial charge in [0.2, 0.25) is 0 Å². The normalized spacial score (nSPS) is 16.8. The van der Waals surface area contributed by atoms with Gasteiger partial charge in [-0.25, -0.2) is 4.98 Å². The largest absolute Gasteiger partial charge is 0.416 e. The number of halogens is 3. The Morgan fingerprint density at radius 2 is 2.07 bits per heavy atom. The standard InChI is InChI=1S/C9H9F3N2/c10-9(11,12)6-3-4-13-8(5-6)14-7-1-2-7/h3-5,7H,1-2H2,(H,13,14). The number of rotatable bonds is 2. The number of nitrogens with one attached hydrogen (secondary N) is 1. The van der Waals surface area contributed by atoms with Crippen molar-refractivity contribution in [2.75, 3.05) is 5.32 Å². The zero-order valence-electron chi connectivity index (χ0n) is 7.30. The average Bonchev–Trinajstić information content (AvgIpc) is 2.87. The molecule has 1 aliphatic carbocycles. The molecule has 1 heterocycles. The van der Waals surface area contributed by atoms with Crippen LogP contribution in [0.1, 0.15) is 18.4 Å². The summed E-state index contributed by atoms with van der Waals surface area (Å²) in [5, 5.41) is 2.92. The van der Waals surface area contributed by atoms with E-state index in [1.54, 1.807) is 0 Å². The summed E-state index contributed by atoms with van der Waals surface area (Å²) in [4.78, 5) is 3.82. The molecule has 0 aromatic carbocycles. The van der Waals surface area contributed by atoms with Crippen molar-refractivity contribution in [3.63, 3.8) is 0 Å². The van der Waals surface area contributed by atoms with Crippen LogP contribution in [0, 0.1) is 0 Å². The van der Waals surface area contributed by atoms with Crippen LogP contribution in [0.25, 0.3) is 0 Å². The van der Waals surface area contributed by atoms with Gasteiger partial charge in [-0.1, -0.05) is 0 Å². The lowest BCUT2D eigenvalue weighted by Crippen LogP contribution is -2.08. The molecule has 0 saturated heterocycles. The number of hydrogen-bond acceptors (Lipinski definition) is 2. The lowest BCUT2D eigenvalue weighted by molar-refractivity contribution is -0.137. The predicted molar refractivity (Wildman–Crippen MR) is 45.9 cm³/mol. The lowest BCUT2D eigenvalue weighted by atomic mass is 10.2. The number of aromatic nitrogens is 1. The first-order valence-corrected chi connectivity index (χ1v) is 4.35. The Morgan fingerprint density at radius 1 is 1.36 bits per heavy atom. The van der Waals surface area contributed by atoms with Gasteiger partial charge in [-0.15, -0.1) is 0 Å². The van der Waals surface area contributed by atoms with Crippen LogP contribution >= 0.6 is 0 Å². The van der Waals surface area contributed by atoms with Crippen LogP contribution in [0.5, 0.6) is 0 Å². The molecule has 0 unspecified atom stereocenters. The van der Waals surface area contributed by atoms with E-state index in [9.17, 15) is 13.2 Å². The molecule has 0 spiro atoms. The van der Waals surface area contributed by atoms with Gasteiger partial charge in [0, 0.05) is 12.2 Å². The Labute approximate surface area is 79.2 Å². The van der Waals surface area contributed by atoms with E-state index in [0.717, 1.165) is 25.0 Å². The highest BCUT2D eigenvalue weighted by molar-refractivity contribution is 5.40. The summed E-state index contributed by atoms with van der Waals surface area (Å²) in [6, 6.07) is 2.32. The van der Waals surface area contributed by atoms with Crippen LogP contribution in [0.4, 0.5) is 19.0 Å². The van der Waals surface area contributed by atoms with Crippen LogP contribution in [-0.2, 0) is 6.18 Å². The Hall–Kier alpha value is -1.26. The number of pyridine rings is 1. The zero-order valence-corrected chi connectivity index (χ0v) is 7.30. The monoisotopic (exact) mass is 202 g/mol. The van der Waals surface area contributed by atoms with Gasteiger partial charge in [-0.3, -0.25) is 0 Å². The molecule has 0 atom stereocenters. The van der Waals surface area contributed by atoms with Crippen molar-refractivity contribution in [3.05, 3.63) is 23.9 Å². The average molecular weight is 202 g/mol. The van der Waals surface area contributed by atoms with Crippen molar-refractivity contribution in [2.24, 2.45) is 0 Å². The summed E-state index contributed by atoms with van der Waals surface area (Å²) >= 11 is 0. The third kappa shape index (κ3) is 2.16. The maximum Gasteiger partial charge on any atom is 0.416 e. The van der Waals surface area contributed by atoms with E-state index in [2.05, 4.69) is 10.3 Å². The summed E-state index contributed by atoms with van der Waals surface area (Å²) in [5.41, 5.74) is -0.657. The molecule has 1 aliphatic rings. The van der Waals surface area contributed by atoms with Crippen LogP contribution in [0.15, 0.2) is 18.3 Å². The van der Waals surface area contributed by atoms with E-state index in [1.165, 1.54) is 6.20 Å². The summed E-state index contributed by atoms with van der Waals surface area (Å²) in [6.07, 6.45) is -1.09. The maximum absolute atomic E-state index is 12.3. The topological polar surface area (TPSA) is 24.9 Å². The van der Waals surface area contributed by atoms with E-state index < -0.39 is 11.7 Å². The van der Waals surface area contributed by atoms with Crippen molar-refractivity contribution in [1.82, 2.24) is 4.98 Å². The molecule has 1 aromatic rings. The van der Waals surface area contributed by atoms with Gasteiger partial charge in [0.15, 0.2) is 0 Å². The molecule has 2 rings (SSSR count). The van der Waals surface area contributed by atoms with Gasteiger partial charge in [-0.2, -0.15) is 13.2 Å². The zero-order chi connectivity index (χ0) is 10.2. The number of alkyl halides is 3. The summed E-state index contributed by atoms with van der Waals surface area (Å²) in [6.45, 7) is 0. The second-order valence-corrected chi connectivity index (χ2v) is 3.35. The number of nitrogens with zero attached hydrogens (tertiary/aromatic N) is 1. The fraction of sp³-hybridized carbons (Fsp3) is 0.444. The quantitative estimate of drug-likeness (QED) is 0.797. The molecule has 5 heteroatoms. The fourth-order valence-corrected chi connectivity index (χ4v) is 1.12. The van der Waals surface area contributed by atoms with E-state index in [1.807, 2.05) is 0 Å². The molecule has 2 nitrogen and oxygen atoms in total. The van der Waals surface area contributed by atoms with Crippen LogP contribution < -0.4 is 5.32 Å². The molecule has 1 fully saturated rings. The molecule has 76 valence electrons. The van der Waals surface area contributed by atoms with Crippen molar-refractivity contribution >= 4 is 5.82 Å². The van der Waals surface area contributed by atoms with E-state index in [-0.39, 0.29) is 0 Å². The number of anilines is 1. The van der Waals surface area contributed by atoms with E-state index in [0.29, 0.717) is 11.9 Å². The highest BCUT2D eigenvalue weighted by Crippen LogP contribution is 2.31. The molecule has 0 radical (unpaired) electrons. The van der Waals surface area contributed by atoms with Gasteiger partial charge < -0.3 is 5.32 Å². The first-order valence-electron chi connectivity index (χ1n) is 4.35. The predicted octanol–water partition coefficient (Wildman–Crippen LogP) is 2.67. The first-order chi connectivity index (χ1) is 6.55. The Morgan fingerprint density at radius 3 is 2.64 bits per heavy atom. The molecule has 0 amide bonds. The number of hydrogen-bond donors (Lipinski definition) is 1. The van der Waals surface area contributed by atoms with Gasteiger partial charge in [0.05, 0.1) is 5.56 Å². The molecule has 14 heavy (non-hydrogen) atoms. The first kappa shape index (κ1) is 9.30. The molecular formula is C9H9F3N2. The highest BCUT2D eigenvalue weighted by atomic mass is 19.4. The van der Waals surface area contributed by atoms with Crippen molar-refractivity contribution in [3.8, 4) is 0 Å². The Bertz CT molecular complexity index is 331. The van der Waals surface area contributed by atoms with Crippen LogP contribution in [-0.4, -0.2) is 11.0 Å². The third-order valence-corrected chi connectivity index (χ3v) is 2.02. The highest BCUT2D eigenvalue weighted by Gasteiger charge is 2.31. The van der Waals surface area contributed by atoms with Gasteiger partial charge in [0.25, 0.3) is 0 Å². The summed E-state index contributed by atoms with van der Waals surface area (Å²) in [7, 11) is 0. The van der Waals surface area contributed by atoms with Gasteiger partial charge in [0.1, 0.15) is 5.82 Å². The van der Waals surface area contributed by atoms with E-state index >= 15 is 0 Å². The summed E-state index contributed by atoms with van der Waals surface area (Å²) in [5.74, 6) is 0.308. The van der Waals surface area contributed by atoms with Crippen molar-refractivity contribution in [2.45, 2.75) is 25.1 Å².